The van der Waals surface area contributed by atoms with Crippen LogP contribution in [0.5, 0.6) is 0 Å². The molecule has 1 nitrogen and oxygen atoms in total. The van der Waals surface area contributed by atoms with Crippen LogP contribution in [0.3, 0.4) is 0 Å². The number of halogens is 5. The SMILES string of the molecule is COCCCC1CSC(c2cc(F)c(CCc3cc(F)c(F)c(F)c3)c(Cl)c2)SC1. The van der Waals surface area contributed by atoms with Crippen LogP contribution in [0.15, 0.2) is 24.3 Å². The Morgan fingerprint density at radius 1 is 0.967 bits per heavy atom. The third-order valence-electron chi connectivity index (χ3n) is 5.07. The van der Waals surface area contributed by atoms with Crippen LogP contribution in [0, 0.1) is 29.2 Å². The van der Waals surface area contributed by atoms with E-state index < -0.39 is 23.3 Å². The topological polar surface area (TPSA) is 9.23 Å². The summed E-state index contributed by atoms with van der Waals surface area (Å²) in [7, 11) is 1.71. The average Bonchev–Trinajstić information content (AvgIpc) is 2.72. The number of hydrogen-bond donors (Lipinski definition) is 0. The standard InChI is InChI=1S/C22H23ClF4OS2/c1-28-6-2-3-14-11-29-22(30-12-14)15-9-17(23)16(18(24)10-15)5-4-13-7-19(25)21(27)20(26)8-13/h7-10,14,22H,2-6,11-12H2,1H3. The molecule has 2 aromatic rings. The molecule has 0 amide bonds. The number of methoxy groups -OCH3 is 1. The minimum Gasteiger partial charge on any atom is -0.385 e. The lowest BCUT2D eigenvalue weighted by atomic mass is 10.0. The predicted octanol–water partition coefficient (Wildman–Crippen LogP) is 7.20. The quantitative estimate of drug-likeness (QED) is 0.225. The summed E-state index contributed by atoms with van der Waals surface area (Å²) in [6.07, 6.45) is 2.49. The third-order valence-corrected chi connectivity index (χ3v) is 8.70. The van der Waals surface area contributed by atoms with Crippen molar-refractivity contribution in [3.63, 3.8) is 0 Å². The lowest BCUT2D eigenvalue weighted by Crippen LogP contribution is -2.15. The fourth-order valence-electron chi connectivity index (χ4n) is 3.44. The van der Waals surface area contributed by atoms with Crippen LogP contribution in [-0.2, 0) is 17.6 Å². The third kappa shape index (κ3) is 6.09. The summed E-state index contributed by atoms with van der Waals surface area (Å²) in [5, 5.41) is 0.302. The van der Waals surface area contributed by atoms with Gasteiger partial charge >= 0.3 is 0 Å². The van der Waals surface area contributed by atoms with Crippen LogP contribution >= 0.6 is 35.1 Å². The highest BCUT2D eigenvalue weighted by atomic mass is 35.5. The maximum atomic E-state index is 14.7. The van der Waals surface area contributed by atoms with Gasteiger partial charge in [-0.1, -0.05) is 11.6 Å². The van der Waals surface area contributed by atoms with Gasteiger partial charge in [0.15, 0.2) is 17.5 Å². The second-order valence-electron chi connectivity index (χ2n) is 7.34. The second-order valence-corrected chi connectivity index (χ2v) is 10.3. The largest absolute Gasteiger partial charge is 0.385 e. The Balaban J connectivity index is 1.62. The highest BCUT2D eigenvalue weighted by Gasteiger charge is 2.25. The first-order valence-electron chi connectivity index (χ1n) is 9.72. The van der Waals surface area contributed by atoms with Crippen LogP contribution in [0.4, 0.5) is 17.6 Å². The van der Waals surface area contributed by atoms with E-state index in [4.69, 9.17) is 16.3 Å². The first-order chi connectivity index (χ1) is 14.4. The van der Waals surface area contributed by atoms with Gasteiger partial charge in [-0.3, -0.25) is 0 Å². The summed E-state index contributed by atoms with van der Waals surface area (Å²) >= 11 is 9.94. The van der Waals surface area contributed by atoms with Crippen molar-refractivity contribution in [1.82, 2.24) is 0 Å². The summed E-state index contributed by atoms with van der Waals surface area (Å²) in [6.45, 7) is 0.773. The fraction of sp³-hybridized carbons (Fsp3) is 0.455. The zero-order chi connectivity index (χ0) is 21.7. The number of thioether (sulfide) groups is 2. The minimum absolute atomic E-state index is 0.130. The zero-order valence-corrected chi connectivity index (χ0v) is 18.9. The molecule has 0 saturated carbocycles. The van der Waals surface area contributed by atoms with Gasteiger partial charge in [-0.05, 0) is 78.5 Å². The molecule has 1 fully saturated rings. The van der Waals surface area contributed by atoms with E-state index in [-0.39, 0.29) is 23.0 Å². The van der Waals surface area contributed by atoms with Crippen LogP contribution < -0.4 is 0 Å². The summed E-state index contributed by atoms with van der Waals surface area (Å²) in [5.74, 6) is -1.77. The molecule has 0 bridgehead atoms. The van der Waals surface area contributed by atoms with Gasteiger partial charge in [0.1, 0.15) is 5.82 Å². The molecule has 1 aliphatic heterocycles. The maximum absolute atomic E-state index is 14.7. The van der Waals surface area contributed by atoms with Gasteiger partial charge < -0.3 is 4.74 Å². The molecule has 1 heterocycles. The molecule has 0 atom stereocenters. The molecule has 3 rings (SSSR count). The summed E-state index contributed by atoms with van der Waals surface area (Å²) in [4.78, 5) is 0. The summed E-state index contributed by atoms with van der Waals surface area (Å²) in [5.41, 5.74) is 1.39. The number of hydrogen-bond acceptors (Lipinski definition) is 3. The normalized spacial score (nSPS) is 19.3. The van der Waals surface area contributed by atoms with Gasteiger partial charge in [0, 0.05) is 24.3 Å². The van der Waals surface area contributed by atoms with E-state index >= 15 is 0 Å². The Bertz CT molecular complexity index is 826. The van der Waals surface area contributed by atoms with Gasteiger partial charge in [0.2, 0.25) is 0 Å². The van der Waals surface area contributed by atoms with Crippen molar-refractivity contribution in [1.29, 1.82) is 0 Å². The smallest absolute Gasteiger partial charge is 0.194 e. The van der Waals surface area contributed by atoms with Crippen LogP contribution in [0.2, 0.25) is 5.02 Å². The van der Waals surface area contributed by atoms with Crippen LogP contribution in [0.1, 0.15) is 34.1 Å². The molecule has 8 heteroatoms. The highest BCUT2D eigenvalue weighted by molar-refractivity contribution is 8.16. The monoisotopic (exact) mass is 478 g/mol. The Morgan fingerprint density at radius 3 is 2.23 bits per heavy atom. The van der Waals surface area contributed by atoms with Crippen molar-refractivity contribution in [3.8, 4) is 0 Å². The van der Waals surface area contributed by atoms with Crippen LogP contribution in [0.25, 0.3) is 0 Å². The first-order valence-corrected chi connectivity index (χ1v) is 12.2. The molecule has 2 aromatic carbocycles. The van der Waals surface area contributed by atoms with Gasteiger partial charge in [-0.2, -0.15) is 0 Å². The molecule has 0 aliphatic carbocycles. The molecular weight excluding hydrogens is 456 g/mol. The number of aryl methyl sites for hydroxylation is 1. The first kappa shape index (κ1) is 23.8. The van der Waals surface area contributed by atoms with Gasteiger partial charge in [-0.15, -0.1) is 23.5 Å². The number of benzene rings is 2. The summed E-state index contributed by atoms with van der Waals surface area (Å²) < 4.78 is 59.8. The van der Waals surface area contributed by atoms with Gasteiger partial charge in [0.05, 0.1) is 4.58 Å². The molecule has 1 saturated heterocycles. The Hall–Kier alpha value is -0.890. The molecule has 0 aromatic heterocycles. The molecule has 1 aliphatic rings. The molecule has 0 radical (unpaired) electrons. The molecule has 0 spiro atoms. The average molecular weight is 479 g/mol. The molecule has 164 valence electrons. The number of rotatable bonds is 8. The van der Waals surface area contributed by atoms with E-state index in [1.807, 2.05) is 0 Å². The zero-order valence-electron chi connectivity index (χ0n) is 16.5. The summed E-state index contributed by atoms with van der Waals surface area (Å²) in [6, 6.07) is 5.14. The Kier molecular flexibility index (Phi) is 8.81. The molecule has 30 heavy (non-hydrogen) atoms. The lowest BCUT2D eigenvalue weighted by Gasteiger charge is -2.28. The minimum atomic E-state index is -1.50. The van der Waals surface area contributed by atoms with E-state index in [1.54, 1.807) is 36.7 Å². The predicted molar refractivity (Wildman–Crippen MR) is 117 cm³/mol. The fourth-order valence-corrected chi connectivity index (χ4v) is 6.87. The lowest BCUT2D eigenvalue weighted by molar-refractivity contribution is 0.189. The second kappa shape index (κ2) is 11.1. The Morgan fingerprint density at radius 2 is 1.63 bits per heavy atom. The van der Waals surface area contributed by atoms with Crippen molar-refractivity contribution in [3.05, 3.63) is 69.2 Å². The van der Waals surface area contributed by atoms with Gasteiger partial charge in [-0.25, -0.2) is 17.6 Å². The van der Waals surface area contributed by atoms with E-state index in [1.165, 1.54) is 6.07 Å². The Labute approximate surface area is 187 Å². The van der Waals surface area contributed by atoms with Crippen molar-refractivity contribution in [2.45, 2.75) is 30.3 Å². The van der Waals surface area contributed by atoms with E-state index in [0.29, 0.717) is 16.5 Å². The van der Waals surface area contributed by atoms with E-state index in [2.05, 4.69) is 0 Å². The van der Waals surface area contributed by atoms with Crippen molar-refractivity contribution < 1.29 is 22.3 Å². The molecular formula is C22H23ClF4OS2. The van der Waals surface area contributed by atoms with E-state index in [0.717, 1.165) is 48.7 Å². The van der Waals surface area contributed by atoms with Crippen LogP contribution in [-0.4, -0.2) is 25.2 Å². The van der Waals surface area contributed by atoms with Crippen molar-refractivity contribution in [2.75, 3.05) is 25.2 Å². The maximum Gasteiger partial charge on any atom is 0.194 e. The van der Waals surface area contributed by atoms with Crippen molar-refractivity contribution in [2.24, 2.45) is 5.92 Å². The van der Waals surface area contributed by atoms with Crippen molar-refractivity contribution >= 4 is 35.1 Å². The van der Waals surface area contributed by atoms with Gasteiger partial charge in [0.25, 0.3) is 0 Å². The van der Waals surface area contributed by atoms with E-state index in [9.17, 15) is 17.6 Å². The molecule has 0 unspecified atom stereocenters. The molecule has 0 N–H and O–H groups in total. The highest BCUT2D eigenvalue weighted by Crippen LogP contribution is 2.47. The number of ether oxygens (including phenoxy) is 1.